The molecule has 7 heteroatoms. The summed E-state index contributed by atoms with van der Waals surface area (Å²) in [5.74, 6) is 2.60. The maximum atomic E-state index is 12.7. The van der Waals surface area contributed by atoms with Crippen LogP contribution in [0.1, 0.15) is 57.8 Å². The van der Waals surface area contributed by atoms with Crippen molar-refractivity contribution in [2.75, 3.05) is 13.2 Å². The van der Waals surface area contributed by atoms with Crippen LogP contribution in [-0.4, -0.2) is 41.3 Å². The standard InChI is InChI=1S/C18H24N4O2.ClH/c1-2-3-10-18(20-21-18)11-7-16(23)22-12-6-9-17(15(22)14-19)8-4-5-13-24-17;/h1,15H,3-13H2;1H. The minimum atomic E-state index is -0.478. The van der Waals surface area contributed by atoms with E-state index in [2.05, 4.69) is 22.2 Å². The number of terminal acetylenes is 1. The largest absolute Gasteiger partial charge is 0.372 e. The molecule has 136 valence electrons. The topological polar surface area (TPSA) is 78.0 Å². The van der Waals surface area contributed by atoms with E-state index in [9.17, 15) is 10.1 Å². The zero-order chi connectivity index (χ0) is 17.0. The molecule has 3 rings (SSSR count). The van der Waals surface area contributed by atoms with Crippen LogP contribution in [0.4, 0.5) is 0 Å². The summed E-state index contributed by atoms with van der Waals surface area (Å²) in [6.45, 7) is 1.32. The average molecular weight is 365 g/mol. The van der Waals surface area contributed by atoms with Crippen LogP contribution in [-0.2, 0) is 9.53 Å². The van der Waals surface area contributed by atoms with Crippen LogP contribution < -0.4 is 0 Å². The van der Waals surface area contributed by atoms with Gasteiger partial charge in [-0.1, -0.05) is 0 Å². The summed E-state index contributed by atoms with van der Waals surface area (Å²) >= 11 is 0. The van der Waals surface area contributed by atoms with Gasteiger partial charge in [0.25, 0.3) is 0 Å². The molecule has 0 N–H and O–H groups in total. The van der Waals surface area contributed by atoms with Gasteiger partial charge in [-0.25, -0.2) is 0 Å². The molecule has 0 aromatic carbocycles. The molecule has 0 aromatic heterocycles. The Morgan fingerprint density at radius 3 is 2.64 bits per heavy atom. The Morgan fingerprint density at radius 2 is 2.04 bits per heavy atom. The van der Waals surface area contributed by atoms with Gasteiger partial charge in [-0.15, -0.1) is 24.8 Å². The lowest BCUT2D eigenvalue weighted by Crippen LogP contribution is -2.60. The van der Waals surface area contributed by atoms with Crippen LogP contribution in [0.15, 0.2) is 10.2 Å². The number of halogens is 1. The number of carbonyl (C=O) groups is 1. The van der Waals surface area contributed by atoms with E-state index in [1.807, 2.05) is 0 Å². The highest BCUT2D eigenvalue weighted by molar-refractivity contribution is 5.85. The van der Waals surface area contributed by atoms with Crippen LogP contribution in [0.2, 0.25) is 0 Å². The third-order valence-electron chi connectivity index (χ3n) is 5.43. The number of amides is 1. The van der Waals surface area contributed by atoms with Gasteiger partial charge in [-0.2, -0.15) is 15.5 Å². The fraction of sp³-hybridized carbons (Fsp3) is 0.778. The van der Waals surface area contributed by atoms with E-state index in [4.69, 9.17) is 11.2 Å². The summed E-state index contributed by atoms with van der Waals surface area (Å²) in [4.78, 5) is 14.5. The lowest BCUT2D eigenvalue weighted by atomic mass is 9.79. The fourth-order valence-corrected chi connectivity index (χ4v) is 3.96. The number of likely N-dealkylation sites (tertiary alicyclic amines) is 1. The highest BCUT2D eigenvalue weighted by atomic mass is 35.5. The van der Waals surface area contributed by atoms with Gasteiger partial charge in [0.1, 0.15) is 11.6 Å². The molecule has 25 heavy (non-hydrogen) atoms. The molecule has 6 nitrogen and oxygen atoms in total. The molecule has 2 atom stereocenters. The molecule has 0 aliphatic carbocycles. The van der Waals surface area contributed by atoms with E-state index in [0.717, 1.165) is 32.1 Å². The summed E-state index contributed by atoms with van der Waals surface area (Å²) in [5, 5.41) is 17.9. The van der Waals surface area contributed by atoms with Gasteiger partial charge in [0.2, 0.25) is 5.91 Å². The molecular formula is C18H25ClN4O2. The van der Waals surface area contributed by atoms with Crippen molar-refractivity contribution >= 4 is 18.3 Å². The Morgan fingerprint density at radius 1 is 1.28 bits per heavy atom. The van der Waals surface area contributed by atoms with Gasteiger partial charge >= 0.3 is 0 Å². The molecule has 2 unspecified atom stereocenters. The summed E-state index contributed by atoms with van der Waals surface area (Å²) in [5.41, 5.74) is -0.907. The average Bonchev–Trinajstić information content (AvgIpc) is 3.39. The third kappa shape index (κ3) is 4.14. The van der Waals surface area contributed by atoms with Crippen molar-refractivity contribution in [3.05, 3.63) is 0 Å². The maximum absolute atomic E-state index is 12.7. The van der Waals surface area contributed by atoms with E-state index in [-0.39, 0.29) is 18.3 Å². The summed E-state index contributed by atoms with van der Waals surface area (Å²) in [6, 6.07) is 1.87. The zero-order valence-corrected chi connectivity index (χ0v) is 15.3. The van der Waals surface area contributed by atoms with Crippen LogP contribution in [0.3, 0.4) is 0 Å². The van der Waals surface area contributed by atoms with E-state index in [1.165, 1.54) is 0 Å². The first kappa shape index (κ1) is 19.7. The lowest BCUT2D eigenvalue weighted by molar-refractivity contribution is -0.159. The van der Waals surface area contributed by atoms with Crippen molar-refractivity contribution in [1.29, 1.82) is 5.26 Å². The highest BCUT2D eigenvalue weighted by Crippen LogP contribution is 2.40. The Bertz CT molecular complexity index is 590. The van der Waals surface area contributed by atoms with Gasteiger partial charge in [0, 0.05) is 38.8 Å². The van der Waals surface area contributed by atoms with Crippen molar-refractivity contribution in [2.45, 2.75) is 75.1 Å². The Hall–Kier alpha value is -1.63. The van der Waals surface area contributed by atoms with Crippen LogP contribution in [0, 0.1) is 23.7 Å². The predicted molar refractivity (Wildman–Crippen MR) is 95.0 cm³/mol. The van der Waals surface area contributed by atoms with Crippen LogP contribution >= 0.6 is 12.4 Å². The second-order valence-electron chi connectivity index (χ2n) is 6.98. The molecular weight excluding hydrogens is 340 g/mol. The van der Waals surface area contributed by atoms with Crippen molar-refractivity contribution in [3.63, 3.8) is 0 Å². The molecule has 2 saturated heterocycles. The van der Waals surface area contributed by atoms with Crippen molar-refractivity contribution < 1.29 is 9.53 Å². The summed E-state index contributed by atoms with van der Waals surface area (Å²) < 4.78 is 6.03. The lowest BCUT2D eigenvalue weighted by Gasteiger charge is -2.48. The molecule has 1 amide bonds. The number of hydrogen-bond donors (Lipinski definition) is 0. The summed E-state index contributed by atoms with van der Waals surface area (Å²) in [7, 11) is 0. The number of carbonyl (C=O) groups excluding carboxylic acids is 1. The number of hydrogen-bond acceptors (Lipinski definition) is 5. The van der Waals surface area contributed by atoms with Gasteiger partial charge in [-0.3, -0.25) is 4.79 Å². The van der Waals surface area contributed by atoms with Gasteiger partial charge in [-0.05, 0) is 32.1 Å². The second-order valence-corrected chi connectivity index (χ2v) is 6.98. The Labute approximate surface area is 155 Å². The molecule has 1 spiro atoms. The first-order valence-corrected chi connectivity index (χ1v) is 8.85. The number of rotatable bonds is 5. The first-order valence-electron chi connectivity index (χ1n) is 8.85. The number of nitrogens with zero attached hydrogens (tertiary/aromatic N) is 4. The minimum Gasteiger partial charge on any atom is -0.372 e. The van der Waals surface area contributed by atoms with Crippen molar-refractivity contribution in [1.82, 2.24) is 4.90 Å². The monoisotopic (exact) mass is 364 g/mol. The molecule has 0 radical (unpaired) electrons. The minimum absolute atomic E-state index is 0. The first-order chi connectivity index (χ1) is 11.6. The molecule has 3 aliphatic rings. The SMILES string of the molecule is C#CCCC1(CCC(=O)N2CCCC3(CCCCO3)C2C#N)N=N1.Cl. The van der Waals surface area contributed by atoms with E-state index < -0.39 is 17.3 Å². The third-order valence-corrected chi connectivity index (χ3v) is 5.43. The molecule has 0 bridgehead atoms. The second kappa shape index (κ2) is 8.17. The Balaban J connectivity index is 0.00000225. The molecule has 0 saturated carbocycles. The number of ether oxygens (including phenoxy) is 1. The van der Waals surface area contributed by atoms with Crippen LogP contribution in [0.25, 0.3) is 0 Å². The van der Waals surface area contributed by atoms with Crippen LogP contribution in [0.5, 0.6) is 0 Å². The van der Waals surface area contributed by atoms with Gasteiger partial charge in [0.05, 0.1) is 6.07 Å². The molecule has 0 aromatic rings. The van der Waals surface area contributed by atoms with Crippen molar-refractivity contribution in [3.8, 4) is 18.4 Å². The normalized spacial score (nSPS) is 29.4. The van der Waals surface area contributed by atoms with Gasteiger partial charge in [0.15, 0.2) is 5.66 Å². The predicted octanol–water partition coefficient (Wildman–Crippen LogP) is 3.22. The summed E-state index contributed by atoms with van der Waals surface area (Å²) in [6.07, 6.45) is 12.3. The van der Waals surface area contributed by atoms with E-state index in [0.29, 0.717) is 38.8 Å². The Kier molecular flexibility index (Phi) is 6.43. The molecule has 3 aliphatic heterocycles. The zero-order valence-electron chi connectivity index (χ0n) is 14.4. The smallest absolute Gasteiger partial charge is 0.223 e. The quantitative estimate of drug-likeness (QED) is 0.702. The highest BCUT2D eigenvalue weighted by Gasteiger charge is 2.49. The van der Waals surface area contributed by atoms with E-state index in [1.54, 1.807) is 4.90 Å². The number of nitriles is 1. The van der Waals surface area contributed by atoms with Gasteiger partial charge < -0.3 is 9.64 Å². The molecule has 2 fully saturated rings. The fourth-order valence-electron chi connectivity index (χ4n) is 3.96. The maximum Gasteiger partial charge on any atom is 0.223 e. The molecule has 3 heterocycles. The van der Waals surface area contributed by atoms with Crippen molar-refractivity contribution in [2.24, 2.45) is 10.2 Å². The number of piperidine rings is 1. The van der Waals surface area contributed by atoms with E-state index >= 15 is 0 Å².